The van der Waals surface area contributed by atoms with Gasteiger partial charge >= 0.3 is 5.97 Å². The predicted molar refractivity (Wildman–Crippen MR) is 59.4 cm³/mol. The summed E-state index contributed by atoms with van der Waals surface area (Å²) >= 11 is 0. The third-order valence-corrected chi connectivity index (χ3v) is 3.24. The monoisotopic (exact) mass is 209 g/mol. The number of aliphatic carboxylic acids is 1. The van der Waals surface area contributed by atoms with Gasteiger partial charge in [-0.05, 0) is 24.7 Å². The SMILES string of the molecule is C#CCN(CC(=O)O)C1CC(C(C)C)C1. The zero-order valence-corrected chi connectivity index (χ0v) is 9.44. The van der Waals surface area contributed by atoms with Crippen LogP contribution in [0.25, 0.3) is 0 Å². The molecule has 1 aliphatic rings. The summed E-state index contributed by atoms with van der Waals surface area (Å²) in [7, 11) is 0. The first kappa shape index (κ1) is 12.1. The Bertz CT molecular complexity index is 261. The molecule has 1 rings (SSSR count). The van der Waals surface area contributed by atoms with Crippen molar-refractivity contribution < 1.29 is 9.90 Å². The van der Waals surface area contributed by atoms with Crippen LogP contribution in [-0.2, 0) is 4.79 Å². The van der Waals surface area contributed by atoms with E-state index in [0.29, 0.717) is 18.5 Å². The third kappa shape index (κ3) is 3.24. The quantitative estimate of drug-likeness (QED) is 0.696. The van der Waals surface area contributed by atoms with Crippen molar-refractivity contribution in [3.8, 4) is 12.3 Å². The van der Waals surface area contributed by atoms with Crippen molar-refractivity contribution in [1.82, 2.24) is 4.90 Å². The third-order valence-electron chi connectivity index (χ3n) is 3.24. The fraction of sp³-hybridized carbons (Fsp3) is 0.750. The van der Waals surface area contributed by atoms with Crippen LogP contribution in [0.4, 0.5) is 0 Å². The lowest BCUT2D eigenvalue weighted by molar-refractivity contribution is -0.139. The second-order valence-corrected chi connectivity index (χ2v) is 4.63. The molecule has 0 spiro atoms. The average Bonchev–Trinajstić information content (AvgIpc) is 1.99. The van der Waals surface area contributed by atoms with Gasteiger partial charge in [-0.3, -0.25) is 9.69 Å². The Kier molecular flexibility index (Phi) is 4.16. The van der Waals surface area contributed by atoms with Crippen molar-refractivity contribution in [2.75, 3.05) is 13.1 Å². The van der Waals surface area contributed by atoms with E-state index in [4.69, 9.17) is 11.5 Å². The van der Waals surface area contributed by atoms with Gasteiger partial charge in [0.1, 0.15) is 0 Å². The highest BCUT2D eigenvalue weighted by Crippen LogP contribution is 2.36. The minimum absolute atomic E-state index is 0.0691. The molecule has 0 aromatic rings. The standard InChI is InChI=1S/C12H19NO2/c1-4-5-13(8-12(14)15)11-6-10(7-11)9(2)3/h1,9-11H,5-8H2,2-3H3,(H,14,15). The number of terminal acetylenes is 1. The summed E-state index contributed by atoms with van der Waals surface area (Å²) in [5, 5.41) is 8.74. The molecule has 1 saturated carbocycles. The highest BCUT2D eigenvalue weighted by molar-refractivity contribution is 5.69. The molecule has 0 amide bonds. The molecule has 0 aromatic carbocycles. The van der Waals surface area contributed by atoms with E-state index in [2.05, 4.69) is 19.8 Å². The molecule has 1 fully saturated rings. The molecule has 0 unspecified atom stereocenters. The fourth-order valence-electron chi connectivity index (χ4n) is 2.08. The second-order valence-electron chi connectivity index (χ2n) is 4.63. The van der Waals surface area contributed by atoms with Crippen LogP contribution in [0.2, 0.25) is 0 Å². The lowest BCUT2D eigenvalue weighted by Gasteiger charge is -2.43. The fourth-order valence-corrected chi connectivity index (χ4v) is 2.08. The molecule has 1 aliphatic carbocycles. The molecule has 3 heteroatoms. The number of carbonyl (C=O) groups is 1. The molecule has 0 radical (unpaired) electrons. The Morgan fingerprint density at radius 3 is 2.60 bits per heavy atom. The number of hydrogen-bond donors (Lipinski definition) is 1. The van der Waals surface area contributed by atoms with Crippen molar-refractivity contribution in [2.24, 2.45) is 11.8 Å². The Hall–Kier alpha value is -1.01. The Balaban J connectivity index is 2.40. The molecular weight excluding hydrogens is 190 g/mol. The number of carboxylic acid groups (broad SMARTS) is 1. The van der Waals surface area contributed by atoms with Gasteiger partial charge in [0.25, 0.3) is 0 Å². The zero-order valence-electron chi connectivity index (χ0n) is 9.44. The van der Waals surface area contributed by atoms with Crippen molar-refractivity contribution in [2.45, 2.75) is 32.7 Å². The molecule has 1 N–H and O–H groups in total. The van der Waals surface area contributed by atoms with Gasteiger partial charge in [-0.25, -0.2) is 0 Å². The maximum Gasteiger partial charge on any atom is 0.317 e. The summed E-state index contributed by atoms with van der Waals surface area (Å²) in [5.41, 5.74) is 0. The van der Waals surface area contributed by atoms with Gasteiger partial charge in [0, 0.05) is 6.04 Å². The van der Waals surface area contributed by atoms with E-state index in [0.717, 1.165) is 18.8 Å². The maximum atomic E-state index is 10.6. The molecule has 0 bridgehead atoms. The smallest absolute Gasteiger partial charge is 0.317 e. The first-order chi connectivity index (χ1) is 7.04. The maximum absolute atomic E-state index is 10.6. The topological polar surface area (TPSA) is 40.5 Å². The number of hydrogen-bond acceptors (Lipinski definition) is 2. The molecule has 0 atom stereocenters. The Labute approximate surface area is 91.5 Å². The Morgan fingerprint density at radius 1 is 1.60 bits per heavy atom. The van der Waals surface area contributed by atoms with Crippen molar-refractivity contribution >= 4 is 5.97 Å². The van der Waals surface area contributed by atoms with E-state index in [1.165, 1.54) is 0 Å². The van der Waals surface area contributed by atoms with Gasteiger partial charge in [0.2, 0.25) is 0 Å². The average molecular weight is 209 g/mol. The van der Waals surface area contributed by atoms with E-state index in [-0.39, 0.29) is 6.54 Å². The summed E-state index contributed by atoms with van der Waals surface area (Å²) in [6.45, 7) is 4.94. The van der Waals surface area contributed by atoms with Gasteiger partial charge in [0.15, 0.2) is 0 Å². The summed E-state index contributed by atoms with van der Waals surface area (Å²) in [4.78, 5) is 12.5. The normalized spacial score (nSPS) is 25.0. The second kappa shape index (κ2) is 5.18. The summed E-state index contributed by atoms with van der Waals surface area (Å²) < 4.78 is 0. The van der Waals surface area contributed by atoms with Crippen LogP contribution in [-0.4, -0.2) is 35.1 Å². The molecule has 84 valence electrons. The summed E-state index contributed by atoms with van der Waals surface area (Å²) in [5.74, 6) is 3.17. The summed E-state index contributed by atoms with van der Waals surface area (Å²) in [6.07, 6.45) is 7.41. The first-order valence-electron chi connectivity index (χ1n) is 5.44. The summed E-state index contributed by atoms with van der Waals surface area (Å²) in [6, 6.07) is 0.379. The first-order valence-corrected chi connectivity index (χ1v) is 5.44. The van der Waals surface area contributed by atoms with E-state index < -0.39 is 5.97 Å². The molecule has 0 aromatic heterocycles. The van der Waals surface area contributed by atoms with E-state index in [9.17, 15) is 4.79 Å². The lowest BCUT2D eigenvalue weighted by atomic mass is 9.73. The molecule has 0 heterocycles. The molecular formula is C12H19NO2. The molecule has 15 heavy (non-hydrogen) atoms. The number of carboxylic acids is 1. The minimum atomic E-state index is -0.793. The highest BCUT2D eigenvalue weighted by atomic mass is 16.4. The van der Waals surface area contributed by atoms with Gasteiger partial charge in [-0.2, -0.15) is 0 Å². The predicted octanol–water partition coefficient (Wildman–Crippen LogP) is 1.44. The van der Waals surface area contributed by atoms with E-state index in [1.807, 2.05) is 4.90 Å². The largest absolute Gasteiger partial charge is 0.480 e. The van der Waals surface area contributed by atoms with Gasteiger partial charge in [-0.1, -0.05) is 19.8 Å². The van der Waals surface area contributed by atoms with Crippen LogP contribution in [0.15, 0.2) is 0 Å². The van der Waals surface area contributed by atoms with Crippen LogP contribution < -0.4 is 0 Å². The van der Waals surface area contributed by atoms with E-state index in [1.54, 1.807) is 0 Å². The van der Waals surface area contributed by atoms with Gasteiger partial charge in [-0.15, -0.1) is 6.42 Å². The van der Waals surface area contributed by atoms with Crippen LogP contribution in [0.5, 0.6) is 0 Å². The lowest BCUT2D eigenvalue weighted by Crippen LogP contribution is -2.48. The zero-order chi connectivity index (χ0) is 11.4. The van der Waals surface area contributed by atoms with Crippen LogP contribution >= 0.6 is 0 Å². The molecule has 3 nitrogen and oxygen atoms in total. The van der Waals surface area contributed by atoms with Crippen molar-refractivity contribution in [1.29, 1.82) is 0 Å². The Morgan fingerprint density at radius 2 is 2.20 bits per heavy atom. The van der Waals surface area contributed by atoms with Crippen LogP contribution in [0.1, 0.15) is 26.7 Å². The molecule has 0 aliphatic heterocycles. The van der Waals surface area contributed by atoms with Crippen molar-refractivity contribution in [3.05, 3.63) is 0 Å². The highest BCUT2D eigenvalue weighted by Gasteiger charge is 2.35. The van der Waals surface area contributed by atoms with Crippen LogP contribution in [0.3, 0.4) is 0 Å². The molecule has 0 saturated heterocycles. The minimum Gasteiger partial charge on any atom is -0.480 e. The van der Waals surface area contributed by atoms with E-state index >= 15 is 0 Å². The number of rotatable bonds is 5. The van der Waals surface area contributed by atoms with Crippen molar-refractivity contribution in [3.63, 3.8) is 0 Å². The van der Waals surface area contributed by atoms with Crippen LogP contribution in [0, 0.1) is 24.2 Å². The number of nitrogens with zero attached hydrogens (tertiary/aromatic N) is 1. The van der Waals surface area contributed by atoms with Gasteiger partial charge < -0.3 is 5.11 Å². The van der Waals surface area contributed by atoms with Gasteiger partial charge in [0.05, 0.1) is 13.1 Å².